The van der Waals surface area contributed by atoms with E-state index in [1.807, 2.05) is 6.07 Å². The van der Waals surface area contributed by atoms with Crippen LogP contribution in [0.1, 0.15) is 22.3 Å². The molecule has 0 saturated carbocycles. The molecule has 2 aromatic carbocycles. The first-order valence-corrected chi connectivity index (χ1v) is 7.83. The normalized spacial score (nSPS) is 16.0. The molecule has 0 saturated heterocycles. The van der Waals surface area contributed by atoms with Crippen LogP contribution in [-0.2, 0) is 19.3 Å². The number of nitrogens with one attached hydrogen (secondary N) is 1. The van der Waals surface area contributed by atoms with Crippen molar-refractivity contribution in [2.45, 2.75) is 32.2 Å². The quantitative estimate of drug-likeness (QED) is 0.670. The van der Waals surface area contributed by atoms with Gasteiger partial charge in [-0.1, -0.05) is 48.0 Å². The number of hydrogen-bond donors (Lipinski definition) is 2. The Morgan fingerprint density at radius 1 is 1.19 bits per heavy atom. The molecule has 3 rings (SSSR count). The Morgan fingerprint density at radius 2 is 1.86 bits per heavy atom. The van der Waals surface area contributed by atoms with Crippen molar-refractivity contribution in [1.82, 2.24) is 5.43 Å². The minimum atomic E-state index is 0.248. The summed E-state index contributed by atoms with van der Waals surface area (Å²) in [5.41, 5.74) is 8.28. The average Bonchev–Trinajstić information content (AvgIpc) is 2.90. The fraction of sp³-hybridized carbons (Fsp3) is 0.333. The SMILES string of the molecule is Cc1ccc(CC(NN)C2Cc3ccccc3C2)c(Cl)c1. The van der Waals surface area contributed by atoms with Crippen LogP contribution in [0.25, 0.3) is 0 Å². The largest absolute Gasteiger partial charge is 0.271 e. The highest BCUT2D eigenvalue weighted by Crippen LogP contribution is 2.30. The first kappa shape index (κ1) is 14.6. The number of rotatable bonds is 4. The lowest BCUT2D eigenvalue weighted by molar-refractivity contribution is 0.367. The van der Waals surface area contributed by atoms with Gasteiger partial charge in [0.25, 0.3) is 0 Å². The lowest BCUT2D eigenvalue weighted by Gasteiger charge is -2.23. The molecule has 0 spiro atoms. The van der Waals surface area contributed by atoms with Crippen molar-refractivity contribution in [3.05, 3.63) is 69.7 Å². The van der Waals surface area contributed by atoms with Crippen LogP contribution in [-0.4, -0.2) is 6.04 Å². The maximum atomic E-state index is 6.36. The van der Waals surface area contributed by atoms with E-state index in [0.717, 1.165) is 24.3 Å². The number of hydrazine groups is 1. The molecule has 1 aliphatic carbocycles. The van der Waals surface area contributed by atoms with E-state index in [-0.39, 0.29) is 6.04 Å². The lowest BCUT2D eigenvalue weighted by Crippen LogP contribution is -2.43. The van der Waals surface area contributed by atoms with E-state index in [4.69, 9.17) is 17.4 Å². The summed E-state index contributed by atoms with van der Waals surface area (Å²) in [5.74, 6) is 6.35. The van der Waals surface area contributed by atoms with E-state index in [0.29, 0.717) is 5.92 Å². The van der Waals surface area contributed by atoms with Gasteiger partial charge in [0.1, 0.15) is 0 Å². The first-order valence-electron chi connectivity index (χ1n) is 7.45. The summed E-state index contributed by atoms with van der Waals surface area (Å²) >= 11 is 6.36. The van der Waals surface area contributed by atoms with Crippen molar-refractivity contribution in [3.8, 4) is 0 Å². The Balaban J connectivity index is 1.75. The van der Waals surface area contributed by atoms with Crippen molar-refractivity contribution in [2.24, 2.45) is 11.8 Å². The fourth-order valence-electron chi connectivity index (χ4n) is 3.29. The van der Waals surface area contributed by atoms with Gasteiger partial charge in [-0.25, -0.2) is 0 Å². The summed E-state index contributed by atoms with van der Waals surface area (Å²) in [7, 11) is 0. The van der Waals surface area contributed by atoms with Gasteiger partial charge in [-0.05, 0) is 60.4 Å². The Hall–Kier alpha value is -1.35. The Kier molecular flexibility index (Phi) is 4.29. The number of benzene rings is 2. The second-order valence-electron chi connectivity index (χ2n) is 6.01. The van der Waals surface area contributed by atoms with Crippen LogP contribution in [0.4, 0.5) is 0 Å². The zero-order valence-electron chi connectivity index (χ0n) is 12.3. The second-order valence-corrected chi connectivity index (χ2v) is 6.42. The number of nitrogens with two attached hydrogens (primary N) is 1. The highest BCUT2D eigenvalue weighted by Gasteiger charge is 2.28. The topological polar surface area (TPSA) is 38.0 Å². The van der Waals surface area contributed by atoms with Crippen molar-refractivity contribution in [1.29, 1.82) is 0 Å². The molecule has 3 N–H and O–H groups in total. The second kappa shape index (κ2) is 6.18. The van der Waals surface area contributed by atoms with Gasteiger partial charge in [-0.2, -0.15) is 0 Å². The molecule has 1 aliphatic rings. The van der Waals surface area contributed by atoms with Crippen LogP contribution in [0.5, 0.6) is 0 Å². The van der Waals surface area contributed by atoms with Gasteiger partial charge in [0.2, 0.25) is 0 Å². The molecule has 0 aliphatic heterocycles. The smallest absolute Gasteiger partial charge is 0.0441 e. The monoisotopic (exact) mass is 300 g/mol. The fourth-order valence-corrected chi connectivity index (χ4v) is 3.61. The molecule has 1 unspecified atom stereocenters. The van der Waals surface area contributed by atoms with Crippen LogP contribution in [0, 0.1) is 12.8 Å². The molecule has 0 amide bonds. The van der Waals surface area contributed by atoms with Gasteiger partial charge >= 0.3 is 0 Å². The molecular formula is C18H21ClN2. The summed E-state index contributed by atoms with van der Waals surface area (Å²) in [6.07, 6.45) is 3.05. The zero-order valence-corrected chi connectivity index (χ0v) is 13.0. The number of fused-ring (bicyclic) bond motifs is 1. The van der Waals surface area contributed by atoms with E-state index in [9.17, 15) is 0 Å². The summed E-state index contributed by atoms with van der Waals surface area (Å²) in [5, 5.41) is 0.839. The molecule has 21 heavy (non-hydrogen) atoms. The Morgan fingerprint density at radius 3 is 2.43 bits per heavy atom. The minimum Gasteiger partial charge on any atom is -0.271 e. The number of halogens is 1. The summed E-state index contributed by atoms with van der Waals surface area (Å²) in [6.45, 7) is 2.06. The highest BCUT2D eigenvalue weighted by atomic mass is 35.5. The molecule has 110 valence electrons. The molecule has 0 bridgehead atoms. The van der Waals surface area contributed by atoms with Crippen LogP contribution in [0.15, 0.2) is 42.5 Å². The predicted octanol–water partition coefficient (Wildman–Crippen LogP) is 3.44. The van der Waals surface area contributed by atoms with Gasteiger partial charge in [0, 0.05) is 11.1 Å². The van der Waals surface area contributed by atoms with E-state index in [1.165, 1.54) is 22.3 Å². The summed E-state index contributed by atoms with van der Waals surface area (Å²) in [6, 6.07) is 15.2. The molecular weight excluding hydrogens is 280 g/mol. The molecule has 2 aromatic rings. The Bertz CT molecular complexity index is 614. The van der Waals surface area contributed by atoms with Gasteiger partial charge < -0.3 is 0 Å². The van der Waals surface area contributed by atoms with E-state index in [1.54, 1.807) is 0 Å². The van der Waals surface area contributed by atoms with Gasteiger partial charge in [0.05, 0.1) is 0 Å². The third-order valence-corrected chi connectivity index (χ3v) is 4.87. The Labute approximate surface area is 131 Å². The maximum Gasteiger partial charge on any atom is 0.0441 e. The van der Waals surface area contributed by atoms with Crippen molar-refractivity contribution >= 4 is 11.6 Å². The maximum absolute atomic E-state index is 6.36. The van der Waals surface area contributed by atoms with Crippen molar-refractivity contribution in [2.75, 3.05) is 0 Å². The predicted molar refractivity (Wildman–Crippen MR) is 88.3 cm³/mol. The molecule has 0 aromatic heterocycles. The minimum absolute atomic E-state index is 0.248. The van der Waals surface area contributed by atoms with E-state index < -0.39 is 0 Å². The average molecular weight is 301 g/mol. The summed E-state index contributed by atoms with van der Waals surface area (Å²) < 4.78 is 0. The van der Waals surface area contributed by atoms with Crippen molar-refractivity contribution in [3.63, 3.8) is 0 Å². The zero-order chi connectivity index (χ0) is 14.8. The van der Waals surface area contributed by atoms with Gasteiger partial charge in [-0.3, -0.25) is 11.3 Å². The molecule has 0 heterocycles. The standard InChI is InChI=1S/C18H21ClN2/c1-12-6-7-15(17(19)8-12)11-18(21-20)16-9-13-4-2-3-5-14(13)10-16/h2-8,16,18,21H,9-11,20H2,1H3. The third-order valence-electron chi connectivity index (χ3n) is 4.51. The summed E-state index contributed by atoms with van der Waals surface area (Å²) in [4.78, 5) is 0. The van der Waals surface area contributed by atoms with Crippen LogP contribution in [0.2, 0.25) is 5.02 Å². The molecule has 1 atom stereocenters. The van der Waals surface area contributed by atoms with Crippen LogP contribution in [0.3, 0.4) is 0 Å². The van der Waals surface area contributed by atoms with Crippen LogP contribution >= 0.6 is 11.6 Å². The van der Waals surface area contributed by atoms with E-state index in [2.05, 4.69) is 48.7 Å². The first-order chi connectivity index (χ1) is 10.2. The number of aryl methyl sites for hydroxylation is 1. The molecule has 0 fully saturated rings. The third kappa shape index (κ3) is 3.13. The van der Waals surface area contributed by atoms with Gasteiger partial charge in [0.15, 0.2) is 0 Å². The van der Waals surface area contributed by atoms with E-state index >= 15 is 0 Å². The van der Waals surface area contributed by atoms with Gasteiger partial charge in [-0.15, -0.1) is 0 Å². The van der Waals surface area contributed by atoms with Crippen LogP contribution < -0.4 is 11.3 Å². The molecule has 2 nitrogen and oxygen atoms in total. The molecule has 3 heteroatoms. The lowest BCUT2D eigenvalue weighted by atomic mass is 9.91. The number of hydrogen-bond acceptors (Lipinski definition) is 2. The highest BCUT2D eigenvalue weighted by molar-refractivity contribution is 6.31. The van der Waals surface area contributed by atoms with Crippen molar-refractivity contribution < 1.29 is 0 Å². The molecule has 0 radical (unpaired) electrons.